The quantitative estimate of drug-likeness (QED) is 0.637. The van der Waals surface area contributed by atoms with E-state index in [4.69, 9.17) is 4.74 Å². The molecule has 2 atom stereocenters. The number of hydrogen-bond acceptors (Lipinski definition) is 3. The molecule has 1 aliphatic carbocycles. The molecule has 2 bridgehead atoms. The van der Waals surface area contributed by atoms with E-state index in [0.717, 1.165) is 25.7 Å². The summed E-state index contributed by atoms with van der Waals surface area (Å²) in [5.41, 5.74) is 4.91. The highest BCUT2D eigenvalue weighted by Crippen LogP contribution is 2.45. The zero-order valence-corrected chi connectivity index (χ0v) is 17.1. The fraction of sp³-hybridized carbons (Fsp3) is 0.385. The molecule has 2 fully saturated rings. The Morgan fingerprint density at radius 3 is 2.10 bits per heavy atom. The topological polar surface area (TPSA) is 46.6 Å². The predicted molar refractivity (Wildman–Crippen MR) is 116 cm³/mol. The van der Waals surface area contributed by atoms with Gasteiger partial charge in [-0.05, 0) is 47.9 Å². The molecule has 2 aliphatic heterocycles. The highest BCUT2D eigenvalue weighted by Gasteiger charge is 2.45. The lowest BCUT2D eigenvalue weighted by Gasteiger charge is -2.37. The zero-order valence-electron chi connectivity index (χ0n) is 17.1. The Bertz CT molecular complexity index is 938. The number of rotatable bonds is 5. The maximum atomic E-state index is 13.0. The van der Waals surface area contributed by atoms with E-state index in [1.165, 1.54) is 22.3 Å². The summed E-state index contributed by atoms with van der Waals surface area (Å²) in [7, 11) is 0. The van der Waals surface area contributed by atoms with Crippen LogP contribution >= 0.6 is 0 Å². The molecule has 1 amide bonds. The number of ether oxygens (including phenoxy) is 1. The Morgan fingerprint density at radius 1 is 0.967 bits per heavy atom. The Morgan fingerprint density at radius 2 is 1.53 bits per heavy atom. The summed E-state index contributed by atoms with van der Waals surface area (Å²) in [4.78, 5) is 27.3. The van der Waals surface area contributed by atoms with Gasteiger partial charge >= 0.3 is 6.09 Å². The number of piperidine rings is 1. The van der Waals surface area contributed by atoms with Crippen LogP contribution in [0, 0.1) is 5.92 Å². The molecule has 2 heterocycles. The second kappa shape index (κ2) is 7.75. The minimum Gasteiger partial charge on any atom is -0.448 e. The number of carbonyl (C=O) groups excluding carboxylic acids is 2. The fourth-order valence-electron chi connectivity index (χ4n) is 5.72. The summed E-state index contributed by atoms with van der Waals surface area (Å²) in [5.74, 6) is 0.387. The first-order valence-electron chi connectivity index (χ1n) is 10.9. The van der Waals surface area contributed by atoms with E-state index in [-0.39, 0.29) is 35.8 Å². The first-order chi connectivity index (χ1) is 14.7. The third-order valence-electron chi connectivity index (χ3n) is 7.08. The van der Waals surface area contributed by atoms with Crippen LogP contribution < -0.4 is 0 Å². The number of allylic oxidation sites excluding steroid dienone is 1. The largest absolute Gasteiger partial charge is 0.448 e. The van der Waals surface area contributed by atoms with Gasteiger partial charge in [-0.1, -0.05) is 54.6 Å². The molecule has 2 saturated heterocycles. The monoisotopic (exact) mass is 401 g/mol. The molecule has 4 heteroatoms. The van der Waals surface area contributed by atoms with E-state index in [0.29, 0.717) is 13.0 Å². The Balaban J connectivity index is 1.29. The van der Waals surface area contributed by atoms with E-state index < -0.39 is 0 Å². The molecule has 5 rings (SSSR count). The number of benzene rings is 2. The van der Waals surface area contributed by atoms with Crippen LogP contribution in [0.1, 0.15) is 49.1 Å². The van der Waals surface area contributed by atoms with Crippen molar-refractivity contribution in [2.75, 3.05) is 6.61 Å². The molecule has 154 valence electrons. The van der Waals surface area contributed by atoms with Crippen molar-refractivity contribution in [2.24, 2.45) is 5.92 Å². The molecule has 0 saturated carbocycles. The summed E-state index contributed by atoms with van der Waals surface area (Å²) >= 11 is 0. The predicted octanol–water partition coefficient (Wildman–Crippen LogP) is 5.32. The van der Waals surface area contributed by atoms with Gasteiger partial charge in [-0.15, -0.1) is 6.58 Å². The van der Waals surface area contributed by atoms with E-state index >= 15 is 0 Å². The SMILES string of the molecule is C=CCC(=O)C1CC2CCC(C1)N2C(=O)OCC1c2ccccc2-c2ccccc21. The van der Waals surface area contributed by atoms with E-state index in [9.17, 15) is 9.59 Å². The van der Waals surface area contributed by atoms with Crippen molar-refractivity contribution in [1.29, 1.82) is 0 Å². The van der Waals surface area contributed by atoms with E-state index in [2.05, 4.69) is 43.0 Å². The van der Waals surface area contributed by atoms with Crippen molar-refractivity contribution in [3.63, 3.8) is 0 Å². The van der Waals surface area contributed by atoms with Gasteiger partial charge in [-0.2, -0.15) is 0 Å². The summed E-state index contributed by atoms with van der Waals surface area (Å²) < 4.78 is 5.89. The van der Waals surface area contributed by atoms with Gasteiger partial charge in [0.1, 0.15) is 12.4 Å². The first kappa shape index (κ1) is 19.1. The van der Waals surface area contributed by atoms with Crippen molar-refractivity contribution in [3.8, 4) is 11.1 Å². The van der Waals surface area contributed by atoms with Gasteiger partial charge in [0.25, 0.3) is 0 Å². The Hall–Kier alpha value is -2.88. The standard InChI is InChI=1S/C26H27NO3/c1-2-7-25(28)17-14-18-12-13-19(15-17)27(18)26(29)30-16-24-22-10-5-3-8-20(22)21-9-4-6-11-23(21)24/h2-6,8-11,17-19,24H,1,7,12-16H2. The van der Waals surface area contributed by atoms with Crippen LogP contribution in [0.2, 0.25) is 0 Å². The van der Waals surface area contributed by atoms with Crippen molar-refractivity contribution in [3.05, 3.63) is 72.3 Å². The molecule has 2 unspecified atom stereocenters. The number of Topliss-reactive ketones (excluding diaryl/α,β-unsaturated/α-hetero) is 1. The third-order valence-corrected chi connectivity index (χ3v) is 7.08. The molecular weight excluding hydrogens is 374 g/mol. The number of hydrogen-bond donors (Lipinski definition) is 0. The third kappa shape index (κ3) is 3.15. The maximum Gasteiger partial charge on any atom is 0.410 e. The average Bonchev–Trinajstić information content (AvgIpc) is 3.23. The first-order valence-corrected chi connectivity index (χ1v) is 10.9. The number of carbonyl (C=O) groups is 2. The van der Waals surface area contributed by atoms with Gasteiger partial charge in [0.15, 0.2) is 0 Å². The van der Waals surface area contributed by atoms with Crippen LogP contribution in [-0.2, 0) is 9.53 Å². The van der Waals surface area contributed by atoms with Crippen molar-refractivity contribution >= 4 is 11.9 Å². The second-order valence-corrected chi connectivity index (χ2v) is 8.72. The van der Waals surface area contributed by atoms with Gasteiger partial charge < -0.3 is 9.64 Å². The van der Waals surface area contributed by atoms with Crippen LogP contribution in [0.15, 0.2) is 61.2 Å². The van der Waals surface area contributed by atoms with Gasteiger partial charge in [-0.25, -0.2) is 4.79 Å². The molecule has 3 aliphatic rings. The van der Waals surface area contributed by atoms with Crippen molar-refractivity contribution < 1.29 is 14.3 Å². The van der Waals surface area contributed by atoms with Crippen LogP contribution in [0.4, 0.5) is 4.79 Å². The molecular formula is C26H27NO3. The molecule has 0 aromatic heterocycles. The van der Waals surface area contributed by atoms with Crippen LogP contribution in [-0.4, -0.2) is 35.5 Å². The molecule has 0 spiro atoms. The Labute approximate surface area is 177 Å². The molecule has 2 aromatic carbocycles. The lowest BCUT2D eigenvalue weighted by atomic mass is 9.86. The molecule has 4 nitrogen and oxygen atoms in total. The van der Waals surface area contributed by atoms with Gasteiger partial charge in [0.2, 0.25) is 0 Å². The maximum absolute atomic E-state index is 13.0. The number of fused-ring (bicyclic) bond motifs is 5. The molecule has 0 radical (unpaired) electrons. The highest BCUT2D eigenvalue weighted by atomic mass is 16.6. The van der Waals surface area contributed by atoms with Gasteiger partial charge in [0, 0.05) is 30.3 Å². The summed E-state index contributed by atoms with van der Waals surface area (Å²) in [6.45, 7) is 4.03. The minimum atomic E-state index is -0.223. The fourth-order valence-corrected chi connectivity index (χ4v) is 5.72. The number of nitrogens with zero attached hydrogens (tertiary/aromatic N) is 1. The molecule has 2 aromatic rings. The van der Waals surface area contributed by atoms with Crippen LogP contribution in [0.25, 0.3) is 11.1 Å². The summed E-state index contributed by atoms with van der Waals surface area (Å²) in [6, 6.07) is 17.0. The minimum absolute atomic E-state index is 0.0538. The van der Waals surface area contributed by atoms with Crippen molar-refractivity contribution in [2.45, 2.75) is 50.1 Å². The van der Waals surface area contributed by atoms with Crippen LogP contribution in [0.5, 0.6) is 0 Å². The average molecular weight is 402 g/mol. The number of ketones is 1. The van der Waals surface area contributed by atoms with E-state index in [1.54, 1.807) is 6.08 Å². The second-order valence-electron chi connectivity index (χ2n) is 8.72. The molecule has 30 heavy (non-hydrogen) atoms. The van der Waals surface area contributed by atoms with Crippen molar-refractivity contribution in [1.82, 2.24) is 4.90 Å². The van der Waals surface area contributed by atoms with Crippen LogP contribution in [0.3, 0.4) is 0 Å². The smallest absolute Gasteiger partial charge is 0.410 e. The highest BCUT2D eigenvalue weighted by molar-refractivity contribution is 5.83. The normalized spacial score (nSPS) is 24.3. The lowest BCUT2D eigenvalue weighted by molar-refractivity contribution is -0.124. The lowest BCUT2D eigenvalue weighted by Crippen LogP contribution is -2.48. The zero-order chi connectivity index (χ0) is 20.7. The molecule has 0 N–H and O–H groups in total. The van der Waals surface area contributed by atoms with E-state index in [1.807, 2.05) is 17.0 Å². The van der Waals surface area contributed by atoms with Gasteiger partial charge in [0.05, 0.1) is 0 Å². The van der Waals surface area contributed by atoms with Gasteiger partial charge in [-0.3, -0.25) is 4.79 Å². The summed E-state index contributed by atoms with van der Waals surface area (Å²) in [5, 5.41) is 0. The summed E-state index contributed by atoms with van der Waals surface area (Å²) in [6.07, 6.45) is 5.33. The Kier molecular flexibility index (Phi) is 4.93. The number of amides is 1.